The van der Waals surface area contributed by atoms with Crippen molar-refractivity contribution in [1.29, 1.82) is 0 Å². The molecular weight excluding hydrogens is 242 g/mol. The van der Waals surface area contributed by atoms with E-state index in [9.17, 15) is 0 Å². The minimum Gasteiger partial charge on any atom is -0.349 e. The highest BCUT2D eigenvalue weighted by Gasteiger charge is 2.12. The molecule has 0 bridgehead atoms. The molecule has 0 radical (unpaired) electrons. The number of hydrogen-bond acceptors (Lipinski definition) is 6. The summed E-state index contributed by atoms with van der Waals surface area (Å²) in [6.45, 7) is 4.04. The first-order valence-corrected chi connectivity index (χ1v) is 5.43. The zero-order chi connectivity index (χ0) is 12.4. The molecule has 2 aromatic rings. The minimum atomic E-state index is 0.455. The second kappa shape index (κ2) is 4.67. The van der Waals surface area contributed by atoms with Gasteiger partial charge in [-0.3, -0.25) is 0 Å². The van der Waals surface area contributed by atoms with E-state index in [0.717, 1.165) is 0 Å². The van der Waals surface area contributed by atoms with E-state index in [1.165, 1.54) is 0 Å². The topological polar surface area (TPSA) is 67.9 Å². The van der Waals surface area contributed by atoms with E-state index in [1.54, 1.807) is 13.1 Å². The fourth-order valence-electron chi connectivity index (χ4n) is 1.39. The molecule has 2 heterocycles. The molecule has 0 fully saturated rings. The van der Waals surface area contributed by atoms with Gasteiger partial charge in [-0.05, 0) is 13.8 Å². The smallest absolute Gasteiger partial charge is 0.246 e. The Morgan fingerprint density at radius 3 is 2.71 bits per heavy atom. The molecule has 7 heteroatoms. The van der Waals surface area contributed by atoms with Gasteiger partial charge in [-0.25, -0.2) is 9.97 Å². The Kier molecular flexibility index (Phi) is 3.23. The lowest BCUT2D eigenvalue weighted by Gasteiger charge is -2.16. The number of hydrogen-bond donors (Lipinski definition) is 0. The predicted octanol–water partition coefficient (Wildman–Crippen LogP) is 1.77. The Hall–Kier alpha value is -1.69. The molecule has 2 rings (SSSR count). The Balaban J connectivity index is 2.19. The van der Waals surface area contributed by atoms with Gasteiger partial charge >= 0.3 is 0 Å². The van der Waals surface area contributed by atoms with Gasteiger partial charge in [0.1, 0.15) is 10.8 Å². The van der Waals surface area contributed by atoms with Crippen LogP contribution >= 0.6 is 11.6 Å². The molecule has 0 aliphatic rings. The maximum atomic E-state index is 6.03. The fourth-order valence-corrected chi connectivity index (χ4v) is 1.63. The zero-order valence-corrected chi connectivity index (χ0v) is 10.6. The van der Waals surface area contributed by atoms with Crippen molar-refractivity contribution >= 4 is 17.4 Å². The van der Waals surface area contributed by atoms with Gasteiger partial charge in [0.15, 0.2) is 11.6 Å². The average molecular weight is 254 g/mol. The lowest BCUT2D eigenvalue weighted by Crippen LogP contribution is -2.19. The number of anilines is 1. The van der Waals surface area contributed by atoms with Crippen LogP contribution < -0.4 is 4.90 Å². The molecule has 90 valence electrons. The molecule has 2 aromatic heterocycles. The van der Waals surface area contributed by atoms with Crippen LogP contribution in [0.15, 0.2) is 10.7 Å². The number of halogens is 1. The van der Waals surface area contributed by atoms with Crippen LogP contribution in [0.2, 0.25) is 5.02 Å². The first-order valence-electron chi connectivity index (χ1n) is 5.05. The number of aryl methyl sites for hydroxylation is 2. The van der Waals surface area contributed by atoms with Crippen molar-refractivity contribution in [3.8, 4) is 0 Å². The normalized spacial score (nSPS) is 10.6. The van der Waals surface area contributed by atoms with Gasteiger partial charge < -0.3 is 9.42 Å². The van der Waals surface area contributed by atoms with Gasteiger partial charge in [0.25, 0.3) is 0 Å². The highest BCUT2D eigenvalue weighted by molar-refractivity contribution is 6.32. The molecule has 0 aromatic carbocycles. The van der Waals surface area contributed by atoms with Gasteiger partial charge in [-0.1, -0.05) is 16.8 Å². The second-order valence-electron chi connectivity index (χ2n) is 3.68. The van der Waals surface area contributed by atoms with Crippen LogP contribution in [0.1, 0.15) is 17.5 Å². The quantitative estimate of drug-likeness (QED) is 0.830. The highest BCUT2D eigenvalue weighted by atomic mass is 35.5. The van der Waals surface area contributed by atoms with Gasteiger partial charge in [-0.15, -0.1) is 0 Å². The fraction of sp³-hybridized carbons (Fsp3) is 0.400. The third-order valence-corrected chi connectivity index (χ3v) is 2.42. The van der Waals surface area contributed by atoms with E-state index in [0.29, 0.717) is 34.9 Å². The Labute approximate surface area is 104 Å². The van der Waals surface area contributed by atoms with Gasteiger partial charge in [0.2, 0.25) is 5.89 Å². The van der Waals surface area contributed by atoms with Gasteiger partial charge in [0.05, 0.1) is 12.7 Å². The summed E-state index contributed by atoms with van der Waals surface area (Å²) in [5.74, 6) is 2.45. The molecular formula is C10H12ClN5O. The van der Waals surface area contributed by atoms with E-state index >= 15 is 0 Å². The summed E-state index contributed by atoms with van der Waals surface area (Å²) in [6.07, 6.45) is 1.58. The van der Waals surface area contributed by atoms with Crippen LogP contribution in [-0.2, 0) is 6.54 Å². The standard InChI is InChI=1S/C10H12ClN5O/c1-6-12-4-8(11)10(14-6)16(3)5-9-13-7(2)15-17-9/h4H,5H2,1-3H3. The molecule has 6 nitrogen and oxygen atoms in total. The summed E-state index contributed by atoms with van der Waals surface area (Å²) in [5, 5.41) is 4.22. The monoisotopic (exact) mass is 253 g/mol. The summed E-state index contributed by atoms with van der Waals surface area (Å²) in [6, 6.07) is 0. The third kappa shape index (κ3) is 2.71. The van der Waals surface area contributed by atoms with Crippen molar-refractivity contribution in [2.75, 3.05) is 11.9 Å². The lowest BCUT2D eigenvalue weighted by atomic mass is 10.4. The minimum absolute atomic E-state index is 0.455. The van der Waals surface area contributed by atoms with Gasteiger partial charge in [-0.2, -0.15) is 4.98 Å². The SMILES string of the molecule is Cc1noc(CN(C)c2nc(C)ncc2Cl)n1. The van der Waals surface area contributed by atoms with E-state index in [-0.39, 0.29) is 0 Å². The molecule has 0 N–H and O–H groups in total. The van der Waals surface area contributed by atoms with Crippen molar-refractivity contribution in [3.63, 3.8) is 0 Å². The molecule has 0 unspecified atom stereocenters. The summed E-state index contributed by atoms with van der Waals surface area (Å²) >= 11 is 6.03. The maximum absolute atomic E-state index is 6.03. The molecule has 0 atom stereocenters. The Bertz CT molecular complexity index is 527. The Morgan fingerprint density at radius 1 is 1.29 bits per heavy atom. The van der Waals surface area contributed by atoms with Crippen molar-refractivity contribution in [2.45, 2.75) is 20.4 Å². The molecule has 0 aliphatic heterocycles. The first-order chi connectivity index (χ1) is 8.06. The van der Waals surface area contributed by atoms with E-state index < -0.39 is 0 Å². The summed E-state index contributed by atoms with van der Waals surface area (Å²) in [5.41, 5.74) is 0. The summed E-state index contributed by atoms with van der Waals surface area (Å²) in [7, 11) is 1.85. The molecule has 0 amide bonds. The summed E-state index contributed by atoms with van der Waals surface area (Å²) in [4.78, 5) is 14.2. The van der Waals surface area contributed by atoms with Crippen molar-refractivity contribution in [2.24, 2.45) is 0 Å². The molecule has 0 saturated heterocycles. The summed E-state index contributed by atoms with van der Waals surface area (Å²) < 4.78 is 5.04. The first kappa shape index (κ1) is 11.8. The number of nitrogens with zero attached hydrogens (tertiary/aromatic N) is 5. The number of aromatic nitrogens is 4. The van der Waals surface area contributed by atoms with Gasteiger partial charge in [0, 0.05) is 7.05 Å². The molecule has 0 saturated carbocycles. The van der Waals surface area contributed by atoms with E-state index in [1.807, 2.05) is 18.9 Å². The van der Waals surface area contributed by atoms with E-state index in [4.69, 9.17) is 16.1 Å². The van der Waals surface area contributed by atoms with Crippen LogP contribution in [0.25, 0.3) is 0 Å². The molecule has 0 spiro atoms. The number of rotatable bonds is 3. The van der Waals surface area contributed by atoms with Crippen LogP contribution in [0.5, 0.6) is 0 Å². The lowest BCUT2D eigenvalue weighted by molar-refractivity contribution is 0.374. The van der Waals surface area contributed by atoms with Crippen LogP contribution in [-0.4, -0.2) is 27.2 Å². The van der Waals surface area contributed by atoms with Crippen LogP contribution in [0.4, 0.5) is 5.82 Å². The molecule has 0 aliphatic carbocycles. The van der Waals surface area contributed by atoms with Crippen LogP contribution in [0.3, 0.4) is 0 Å². The second-order valence-corrected chi connectivity index (χ2v) is 4.09. The maximum Gasteiger partial charge on any atom is 0.246 e. The van der Waals surface area contributed by atoms with Crippen molar-refractivity contribution < 1.29 is 4.52 Å². The third-order valence-electron chi connectivity index (χ3n) is 2.15. The Morgan fingerprint density at radius 2 is 2.06 bits per heavy atom. The largest absolute Gasteiger partial charge is 0.349 e. The predicted molar refractivity (Wildman–Crippen MR) is 62.9 cm³/mol. The van der Waals surface area contributed by atoms with Crippen molar-refractivity contribution in [3.05, 3.63) is 28.8 Å². The van der Waals surface area contributed by atoms with E-state index in [2.05, 4.69) is 20.1 Å². The zero-order valence-electron chi connectivity index (χ0n) is 9.81. The van der Waals surface area contributed by atoms with Crippen LogP contribution in [0, 0.1) is 13.8 Å². The van der Waals surface area contributed by atoms with Crippen molar-refractivity contribution in [1.82, 2.24) is 20.1 Å². The molecule has 17 heavy (non-hydrogen) atoms. The highest BCUT2D eigenvalue weighted by Crippen LogP contribution is 2.22. The average Bonchev–Trinajstić information content (AvgIpc) is 2.67.